The lowest BCUT2D eigenvalue weighted by Gasteiger charge is -2.12. The van der Waals surface area contributed by atoms with Gasteiger partial charge in [0.1, 0.15) is 11.6 Å². The molecule has 0 saturated carbocycles. The predicted molar refractivity (Wildman–Crippen MR) is 119 cm³/mol. The van der Waals surface area contributed by atoms with Crippen LogP contribution in [0.5, 0.6) is 5.88 Å². The molecule has 0 N–H and O–H groups in total. The number of hydrogen-bond acceptors (Lipinski definition) is 7. The Morgan fingerprint density at radius 2 is 1.88 bits per heavy atom. The summed E-state index contributed by atoms with van der Waals surface area (Å²) in [7, 11) is -2.31. The number of methoxy groups -OCH3 is 1. The van der Waals surface area contributed by atoms with E-state index in [1.165, 1.54) is 31.6 Å². The average molecular weight is 473 g/mol. The van der Waals surface area contributed by atoms with Crippen molar-refractivity contribution >= 4 is 32.3 Å². The van der Waals surface area contributed by atoms with Crippen molar-refractivity contribution in [3.8, 4) is 17.0 Å². The maximum atomic E-state index is 13.5. The van der Waals surface area contributed by atoms with Crippen molar-refractivity contribution in [2.24, 2.45) is 0 Å². The molecule has 10 heteroatoms. The van der Waals surface area contributed by atoms with E-state index in [1.807, 2.05) is 13.0 Å². The van der Waals surface area contributed by atoms with Crippen LogP contribution in [-0.4, -0.2) is 35.5 Å². The van der Waals surface area contributed by atoms with Gasteiger partial charge in [0.25, 0.3) is 0 Å². The molecule has 164 valence electrons. The van der Waals surface area contributed by atoms with Gasteiger partial charge in [0, 0.05) is 17.8 Å². The van der Waals surface area contributed by atoms with Crippen LogP contribution in [0.3, 0.4) is 0 Å². The number of halogens is 2. The van der Waals surface area contributed by atoms with E-state index in [0.717, 1.165) is 11.1 Å². The van der Waals surface area contributed by atoms with Crippen molar-refractivity contribution in [3.05, 3.63) is 71.3 Å². The highest BCUT2D eigenvalue weighted by atomic mass is 35.5. The first-order chi connectivity index (χ1) is 15.3. The third-order valence-electron chi connectivity index (χ3n) is 4.91. The standard InChI is InChI=1S/C22H18ClFN4O3S/c1-3-13-8-14(9-15-10-26-22(24)28-20(13)15)16-11-25-19(27-21(16)31-2)12-32(29,30)18-7-5-4-6-17(18)23/h4-11H,3,12H2,1-2H3. The first-order valence-electron chi connectivity index (χ1n) is 9.65. The van der Waals surface area contributed by atoms with Gasteiger partial charge < -0.3 is 4.74 Å². The van der Waals surface area contributed by atoms with Crippen molar-refractivity contribution in [2.75, 3.05) is 7.11 Å². The lowest BCUT2D eigenvalue weighted by molar-refractivity contribution is 0.397. The van der Waals surface area contributed by atoms with Crippen LogP contribution in [0.2, 0.25) is 5.02 Å². The molecule has 0 aliphatic carbocycles. The third kappa shape index (κ3) is 4.26. The molecule has 4 aromatic rings. The summed E-state index contributed by atoms with van der Waals surface area (Å²) in [5, 5.41) is 0.797. The zero-order chi connectivity index (χ0) is 22.9. The Morgan fingerprint density at radius 1 is 1.09 bits per heavy atom. The molecule has 2 aromatic carbocycles. The summed E-state index contributed by atoms with van der Waals surface area (Å²) in [6.07, 6.45) is 2.76. The number of aryl methyl sites for hydroxylation is 1. The molecule has 2 heterocycles. The van der Waals surface area contributed by atoms with Gasteiger partial charge in [0.2, 0.25) is 5.88 Å². The van der Waals surface area contributed by atoms with E-state index >= 15 is 0 Å². The van der Waals surface area contributed by atoms with Gasteiger partial charge in [-0.15, -0.1) is 0 Å². The molecule has 0 fully saturated rings. The van der Waals surface area contributed by atoms with Crippen molar-refractivity contribution in [1.82, 2.24) is 19.9 Å². The second-order valence-electron chi connectivity index (χ2n) is 6.96. The van der Waals surface area contributed by atoms with Crippen LogP contribution >= 0.6 is 11.6 Å². The Bertz CT molecular complexity index is 1430. The highest BCUT2D eigenvalue weighted by Crippen LogP contribution is 2.32. The number of ether oxygens (including phenoxy) is 1. The molecule has 0 aliphatic rings. The summed E-state index contributed by atoms with van der Waals surface area (Å²) in [4.78, 5) is 16.1. The van der Waals surface area contributed by atoms with Crippen molar-refractivity contribution in [1.29, 1.82) is 0 Å². The van der Waals surface area contributed by atoms with E-state index < -0.39 is 21.7 Å². The smallest absolute Gasteiger partial charge is 0.309 e. The fourth-order valence-electron chi connectivity index (χ4n) is 3.39. The Labute approximate surface area is 189 Å². The van der Waals surface area contributed by atoms with E-state index in [9.17, 15) is 12.8 Å². The minimum atomic E-state index is -3.75. The molecule has 0 spiro atoms. The molecular weight excluding hydrogens is 455 g/mol. The summed E-state index contributed by atoms with van der Waals surface area (Å²) in [5.41, 5.74) is 2.64. The molecule has 2 aromatic heterocycles. The molecule has 32 heavy (non-hydrogen) atoms. The second kappa shape index (κ2) is 8.76. The highest BCUT2D eigenvalue weighted by Gasteiger charge is 2.22. The van der Waals surface area contributed by atoms with Gasteiger partial charge >= 0.3 is 6.08 Å². The number of aromatic nitrogens is 4. The fraction of sp³-hybridized carbons (Fsp3) is 0.182. The van der Waals surface area contributed by atoms with Gasteiger partial charge in [-0.1, -0.05) is 30.7 Å². The molecule has 0 aliphatic heterocycles. The lowest BCUT2D eigenvalue weighted by Crippen LogP contribution is -2.09. The Kier molecular flexibility index (Phi) is 6.03. The molecule has 0 radical (unpaired) electrons. The van der Waals surface area contributed by atoms with E-state index in [4.69, 9.17) is 16.3 Å². The average Bonchev–Trinajstić information content (AvgIpc) is 2.78. The van der Waals surface area contributed by atoms with Crippen LogP contribution in [0.15, 0.2) is 53.7 Å². The van der Waals surface area contributed by atoms with E-state index in [1.54, 1.807) is 18.2 Å². The van der Waals surface area contributed by atoms with Gasteiger partial charge in [0.15, 0.2) is 9.84 Å². The Balaban J connectivity index is 1.75. The molecule has 4 rings (SSSR count). The molecular formula is C22H18ClFN4O3S. The van der Waals surface area contributed by atoms with Crippen LogP contribution in [0, 0.1) is 6.08 Å². The SMILES string of the molecule is CCc1cc(-c2cnc(CS(=O)(=O)c3ccccc3Cl)nc2OC)cc2cnc(F)nc12. The number of benzene rings is 2. The third-order valence-corrected chi connectivity index (χ3v) is 7.02. The summed E-state index contributed by atoms with van der Waals surface area (Å²) in [6, 6.07) is 9.85. The van der Waals surface area contributed by atoms with Gasteiger partial charge in [-0.3, -0.25) is 0 Å². The topological polar surface area (TPSA) is 94.9 Å². The van der Waals surface area contributed by atoms with Crippen LogP contribution < -0.4 is 4.74 Å². The minimum absolute atomic E-state index is 0.0164. The molecule has 0 atom stereocenters. The van der Waals surface area contributed by atoms with E-state index in [-0.39, 0.29) is 21.6 Å². The number of fused-ring (bicyclic) bond motifs is 1. The van der Waals surface area contributed by atoms with Crippen molar-refractivity contribution < 1.29 is 17.5 Å². The zero-order valence-electron chi connectivity index (χ0n) is 17.2. The normalized spacial score (nSPS) is 11.6. The first-order valence-corrected chi connectivity index (χ1v) is 11.7. The van der Waals surface area contributed by atoms with E-state index in [0.29, 0.717) is 22.9 Å². The van der Waals surface area contributed by atoms with Crippen LogP contribution in [0.1, 0.15) is 18.3 Å². The van der Waals surface area contributed by atoms with Crippen molar-refractivity contribution in [2.45, 2.75) is 24.0 Å². The second-order valence-corrected chi connectivity index (χ2v) is 9.33. The largest absolute Gasteiger partial charge is 0.480 e. The predicted octanol–water partition coefficient (Wildman–Crippen LogP) is 4.42. The van der Waals surface area contributed by atoms with Crippen LogP contribution in [0.25, 0.3) is 22.0 Å². The molecule has 7 nitrogen and oxygen atoms in total. The summed E-state index contributed by atoms with van der Waals surface area (Å²) in [6.45, 7) is 1.94. The van der Waals surface area contributed by atoms with Gasteiger partial charge in [-0.2, -0.15) is 9.37 Å². The quantitative estimate of drug-likeness (QED) is 0.383. The number of nitrogens with zero attached hydrogens (tertiary/aromatic N) is 4. The molecule has 0 bridgehead atoms. The van der Waals surface area contributed by atoms with Gasteiger partial charge in [-0.05, 0) is 41.8 Å². The number of hydrogen-bond donors (Lipinski definition) is 0. The highest BCUT2D eigenvalue weighted by molar-refractivity contribution is 7.90. The molecule has 0 amide bonds. The maximum Gasteiger partial charge on any atom is 0.309 e. The zero-order valence-corrected chi connectivity index (χ0v) is 18.8. The maximum absolute atomic E-state index is 13.5. The summed E-state index contributed by atoms with van der Waals surface area (Å²) >= 11 is 6.05. The monoisotopic (exact) mass is 472 g/mol. The molecule has 0 saturated heterocycles. The van der Waals surface area contributed by atoms with E-state index in [2.05, 4.69) is 19.9 Å². The van der Waals surface area contributed by atoms with Crippen LogP contribution in [0.4, 0.5) is 4.39 Å². The van der Waals surface area contributed by atoms with Gasteiger partial charge in [-0.25, -0.2) is 23.4 Å². The Hall–Kier alpha value is -3.17. The number of sulfone groups is 1. The first kappa shape index (κ1) is 22.0. The molecule has 0 unspecified atom stereocenters. The Morgan fingerprint density at radius 3 is 2.59 bits per heavy atom. The summed E-state index contributed by atoms with van der Waals surface area (Å²) < 4.78 is 44.5. The minimum Gasteiger partial charge on any atom is -0.480 e. The van der Waals surface area contributed by atoms with Crippen LogP contribution in [-0.2, 0) is 22.0 Å². The lowest BCUT2D eigenvalue weighted by atomic mass is 10.0. The fourth-order valence-corrected chi connectivity index (χ4v) is 5.17. The number of rotatable bonds is 6. The van der Waals surface area contributed by atoms with Crippen molar-refractivity contribution in [3.63, 3.8) is 0 Å². The summed E-state index contributed by atoms with van der Waals surface area (Å²) in [5.74, 6) is -0.139. The van der Waals surface area contributed by atoms with Gasteiger partial charge in [0.05, 0.1) is 28.1 Å².